The first-order valence-corrected chi connectivity index (χ1v) is 10.0. The van der Waals surface area contributed by atoms with Crippen molar-refractivity contribution in [3.8, 4) is 0 Å². The minimum absolute atomic E-state index is 0.0588. The van der Waals surface area contributed by atoms with Crippen LogP contribution in [0.1, 0.15) is 16.1 Å². The molecule has 1 aliphatic rings. The van der Waals surface area contributed by atoms with E-state index in [-0.39, 0.29) is 6.03 Å². The van der Waals surface area contributed by atoms with Gasteiger partial charge in [-0.2, -0.15) is 11.8 Å². The van der Waals surface area contributed by atoms with Gasteiger partial charge in [-0.05, 0) is 36.4 Å². The molecule has 1 fully saturated rings. The number of hydrogen-bond donors (Lipinski definition) is 0. The van der Waals surface area contributed by atoms with Gasteiger partial charge in [-0.3, -0.25) is 9.88 Å². The first kappa shape index (κ1) is 19.5. The lowest BCUT2D eigenvalue weighted by Gasteiger charge is -2.32. The number of hydrogen-bond acceptors (Lipinski definition) is 5. The van der Waals surface area contributed by atoms with Crippen LogP contribution < -0.4 is 4.90 Å². The fourth-order valence-corrected chi connectivity index (χ4v) is 3.76. The third-order valence-corrected chi connectivity index (χ3v) is 5.41. The Bertz CT molecular complexity index is 793. The minimum Gasteiger partial charge on any atom is -0.465 e. The first-order chi connectivity index (χ1) is 13.1. The topological polar surface area (TPSA) is 62.7 Å². The first-order valence-electron chi connectivity index (χ1n) is 8.51. The molecule has 0 aliphatic carbocycles. The van der Waals surface area contributed by atoms with Gasteiger partial charge in [0.15, 0.2) is 0 Å². The van der Waals surface area contributed by atoms with E-state index >= 15 is 0 Å². The van der Waals surface area contributed by atoms with E-state index in [4.69, 9.17) is 16.3 Å². The molecule has 8 heteroatoms. The zero-order chi connectivity index (χ0) is 19.2. The van der Waals surface area contributed by atoms with Gasteiger partial charge in [0, 0.05) is 41.5 Å². The van der Waals surface area contributed by atoms with E-state index in [2.05, 4.69) is 4.98 Å². The second-order valence-corrected chi connectivity index (χ2v) is 7.64. The molecule has 0 saturated carbocycles. The van der Waals surface area contributed by atoms with Crippen LogP contribution in [0, 0.1) is 0 Å². The van der Waals surface area contributed by atoms with E-state index in [9.17, 15) is 9.59 Å². The molecule has 142 valence electrons. The number of aromatic nitrogens is 1. The molecular weight excluding hydrogens is 386 g/mol. The van der Waals surface area contributed by atoms with Crippen LogP contribution in [-0.4, -0.2) is 53.6 Å². The molecule has 1 aromatic heterocycles. The number of carbonyl (C=O) groups is 2. The number of thioether (sulfide) groups is 1. The van der Waals surface area contributed by atoms with Crippen molar-refractivity contribution < 1.29 is 14.3 Å². The quantitative estimate of drug-likeness (QED) is 0.726. The second kappa shape index (κ2) is 9.10. The third kappa shape index (κ3) is 4.93. The van der Waals surface area contributed by atoms with Crippen LogP contribution in [0.3, 0.4) is 0 Å². The standard InChI is InChI=1S/C19H20ClN3O3S/c1-26-18(24)14-2-5-16(21-12-14)13-23(17-6-3-15(20)4-7-17)19(25)22-8-10-27-11-9-22/h2-7,12H,8-11,13H2,1H3. The van der Waals surface area contributed by atoms with Crippen molar-refractivity contribution in [3.63, 3.8) is 0 Å². The maximum Gasteiger partial charge on any atom is 0.339 e. The average molecular weight is 406 g/mol. The number of amides is 2. The van der Waals surface area contributed by atoms with Crippen LogP contribution in [0.5, 0.6) is 0 Å². The van der Waals surface area contributed by atoms with Crippen molar-refractivity contribution in [2.45, 2.75) is 6.54 Å². The number of nitrogens with zero attached hydrogens (tertiary/aromatic N) is 3. The summed E-state index contributed by atoms with van der Waals surface area (Å²) in [6, 6.07) is 10.5. The molecular formula is C19H20ClN3O3S. The molecule has 6 nitrogen and oxygen atoms in total. The number of rotatable bonds is 4. The highest BCUT2D eigenvalue weighted by Crippen LogP contribution is 2.23. The Morgan fingerprint density at radius 1 is 1.19 bits per heavy atom. The molecule has 0 bridgehead atoms. The number of esters is 1. The lowest BCUT2D eigenvalue weighted by Crippen LogP contribution is -2.46. The summed E-state index contributed by atoms with van der Waals surface area (Å²) in [6.45, 7) is 1.75. The highest BCUT2D eigenvalue weighted by molar-refractivity contribution is 7.99. The van der Waals surface area contributed by atoms with Crippen LogP contribution >= 0.6 is 23.4 Å². The number of methoxy groups -OCH3 is 1. The molecule has 2 aromatic rings. The summed E-state index contributed by atoms with van der Waals surface area (Å²) in [5, 5.41) is 0.612. The summed E-state index contributed by atoms with van der Waals surface area (Å²) in [7, 11) is 1.33. The van der Waals surface area contributed by atoms with Gasteiger partial charge in [-0.15, -0.1) is 0 Å². The number of ether oxygens (including phenoxy) is 1. The highest BCUT2D eigenvalue weighted by atomic mass is 35.5. The predicted octanol–water partition coefficient (Wildman–Crippen LogP) is 3.70. The normalized spacial score (nSPS) is 13.9. The Hall–Kier alpha value is -2.25. The number of pyridine rings is 1. The van der Waals surface area contributed by atoms with Gasteiger partial charge >= 0.3 is 12.0 Å². The van der Waals surface area contributed by atoms with Gasteiger partial charge in [-0.1, -0.05) is 11.6 Å². The van der Waals surface area contributed by atoms with E-state index in [0.29, 0.717) is 22.8 Å². The fraction of sp³-hybridized carbons (Fsp3) is 0.316. The van der Waals surface area contributed by atoms with E-state index in [1.165, 1.54) is 13.3 Å². The molecule has 0 N–H and O–H groups in total. The highest BCUT2D eigenvalue weighted by Gasteiger charge is 2.24. The molecule has 27 heavy (non-hydrogen) atoms. The van der Waals surface area contributed by atoms with Crippen molar-refractivity contribution in [3.05, 3.63) is 58.9 Å². The number of benzene rings is 1. The van der Waals surface area contributed by atoms with Crippen molar-refractivity contribution >= 4 is 41.1 Å². The molecule has 1 aromatic carbocycles. The maximum absolute atomic E-state index is 13.1. The Morgan fingerprint density at radius 2 is 1.89 bits per heavy atom. The average Bonchev–Trinajstić information content (AvgIpc) is 2.73. The van der Waals surface area contributed by atoms with Crippen LogP contribution in [-0.2, 0) is 11.3 Å². The Labute approximate surface area is 167 Å². The Balaban J connectivity index is 1.83. The Morgan fingerprint density at radius 3 is 2.48 bits per heavy atom. The van der Waals surface area contributed by atoms with E-state index in [1.807, 2.05) is 28.8 Å². The molecule has 1 aliphatic heterocycles. The fourth-order valence-electron chi connectivity index (χ4n) is 2.73. The zero-order valence-corrected chi connectivity index (χ0v) is 16.5. The molecule has 1 saturated heterocycles. The molecule has 2 heterocycles. The van der Waals surface area contributed by atoms with E-state index in [0.717, 1.165) is 30.3 Å². The largest absolute Gasteiger partial charge is 0.465 e. The van der Waals surface area contributed by atoms with Crippen molar-refractivity contribution in [2.75, 3.05) is 36.6 Å². The van der Waals surface area contributed by atoms with E-state index in [1.54, 1.807) is 29.2 Å². The van der Waals surface area contributed by atoms with Crippen molar-refractivity contribution in [1.29, 1.82) is 0 Å². The SMILES string of the molecule is COC(=O)c1ccc(CN(C(=O)N2CCSCC2)c2ccc(Cl)cc2)nc1. The summed E-state index contributed by atoms with van der Waals surface area (Å²) in [5.41, 5.74) is 1.80. The van der Waals surface area contributed by atoms with Gasteiger partial charge in [0.2, 0.25) is 0 Å². The lowest BCUT2D eigenvalue weighted by molar-refractivity contribution is 0.0600. The summed E-state index contributed by atoms with van der Waals surface area (Å²) in [4.78, 5) is 32.5. The Kier molecular flexibility index (Phi) is 6.58. The number of urea groups is 1. The summed E-state index contributed by atoms with van der Waals surface area (Å²) in [6.07, 6.45) is 1.46. The summed E-state index contributed by atoms with van der Waals surface area (Å²) < 4.78 is 4.69. The maximum atomic E-state index is 13.1. The molecule has 0 unspecified atom stereocenters. The van der Waals surface area contributed by atoms with Gasteiger partial charge in [-0.25, -0.2) is 9.59 Å². The van der Waals surface area contributed by atoms with Crippen molar-refractivity contribution in [2.24, 2.45) is 0 Å². The summed E-state index contributed by atoms with van der Waals surface area (Å²) >= 11 is 7.84. The number of halogens is 1. The summed E-state index contributed by atoms with van der Waals surface area (Å²) in [5.74, 6) is 1.43. The number of carbonyl (C=O) groups excluding carboxylic acids is 2. The number of anilines is 1. The van der Waals surface area contributed by atoms with Crippen LogP contribution in [0.15, 0.2) is 42.6 Å². The molecule has 2 amide bonds. The van der Waals surface area contributed by atoms with Crippen LogP contribution in [0.25, 0.3) is 0 Å². The van der Waals surface area contributed by atoms with Gasteiger partial charge in [0.25, 0.3) is 0 Å². The lowest BCUT2D eigenvalue weighted by atomic mass is 10.2. The molecule has 0 radical (unpaired) electrons. The van der Waals surface area contributed by atoms with Gasteiger partial charge < -0.3 is 9.64 Å². The molecule has 0 atom stereocenters. The second-order valence-electron chi connectivity index (χ2n) is 5.97. The van der Waals surface area contributed by atoms with Crippen LogP contribution in [0.2, 0.25) is 5.02 Å². The zero-order valence-electron chi connectivity index (χ0n) is 14.9. The minimum atomic E-state index is -0.439. The van der Waals surface area contributed by atoms with Crippen molar-refractivity contribution in [1.82, 2.24) is 9.88 Å². The smallest absolute Gasteiger partial charge is 0.339 e. The van der Waals surface area contributed by atoms with Gasteiger partial charge in [0.05, 0.1) is 24.9 Å². The predicted molar refractivity (Wildman–Crippen MR) is 108 cm³/mol. The van der Waals surface area contributed by atoms with E-state index < -0.39 is 5.97 Å². The monoisotopic (exact) mass is 405 g/mol. The van der Waals surface area contributed by atoms with Gasteiger partial charge in [0.1, 0.15) is 0 Å². The van der Waals surface area contributed by atoms with Crippen LogP contribution in [0.4, 0.5) is 10.5 Å². The third-order valence-electron chi connectivity index (χ3n) is 4.22. The molecule has 3 rings (SSSR count). The molecule has 0 spiro atoms.